The van der Waals surface area contributed by atoms with Crippen LogP contribution in [0.2, 0.25) is 0 Å². The van der Waals surface area contributed by atoms with Crippen LogP contribution in [0.15, 0.2) is 115 Å². The Kier molecular flexibility index (Phi) is 4.36. The normalized spacial score (nSPS) is 12.1. The molecule has 39 heavy (non-hydrogen) atoms. The van der Waals surface area contributed by atoms with Crippen molar-refractivity contribution in [3.8, 4) is 17.2 Å². The van der Waals surface area contributed by atoms with E-state index in [0.29, 0.717) is 0 Å². The van der Waals surface area contributed by atoms with Gasteiger partial charge in [-0.05, 0) is 30.3 Å². The summed E-state index contributed by atoms with van der Waals surface area (Å²) in [5.41, 5.74) is 3.34. The number of rotatable bonds is 2. The number of nitrogens with zero attached hydrogens (tertiary/aromatic N) is 3. The third-order valence-electron chi connectivity index (χ3n) is 7.64. The second kappa shape index (κ2) is 7.96. The SMILES string of the molecule is c1ccc(-c2nc(-n3c4ccccc4c4c5c(ccc43)sc3ccccc35)c3c(n2)sc2ccccc23)cc1. The Morgan fingerprint density at radius 1 is 0.462 bits per heavy atom. The van der Waals surface area contributed by atoms with Crippen LogP contribution in [-0.4, -0.2) is 14.5 Å². The minimum atomic E-state index is 0.748. The van der Waals surface area contributed by atoms with Gasteiger partial charge in [-0.15, -0.1) is 22.7 Å². The minimum Gasteiger partial charge on any atom is -0.293 e. The van der Waals surface area contributed by atoms with Crippen molar-refractivity contribution in [3.63, 3.8) is 0 Å². The first kappa shape index (κ1) is 21.4. The molecule has 3 nitrogen and oxygen atoms in total. The maximum atomic E-state index is 5.33. The van der Waals surface area contributed by atoms with Crippen LogP contribution in [0.4, 0.5) is 0 Å². The summed E-state index contributed by atoms with van der Waals surface area (Å²) >= 11 is 3.60. The lowest BCUT2D eigenvalue weighted by Crippen LogP contribution is -2.01. The van der Waals surface area contributed by atoms with Crippen molar-refractivity contribution in [2.45, 2.75) is 0 Å². The highest BCUT2D eigenvalue weighted by Gasteiger charge is 2.22. The van der Waals surface area contributed by atoms with Gasteiger partial charge in [-0.25, -0.2) is 9.97 Å². The van der Waals surface area contributed by atoms with Gasteiger partial charge in [-0.2, -0.15) is 0 Å². The van der Waals surface area contributed by atoms with E-state index < -0.39 is 0 Å². The van der Waals surface area contributed by atoms with Crippen molar-refractivity contribution in [1.29, 1.82) is 0 Å². The molecule has 5 heteroatoms. The summed E-state index contributed by atoms with van der Waals surface area (Å²) < 4.78 is 6.22. The van der Waals surface area contributed by atoms with Crippen molar-refractivity contribution >= 4 is 85.0 Å². The second-order valence-electron chi connectivity index (χ2n) is 9.80. The number of hydrogen-bond donors (Lipinski definition) is 0. The second-order valence-corrected chi connectivity index (χ2v) is 11.9. The summed E-state index contributed by atoms with van der Waals surface area (Å²) in [4.78, 5) is 11.4. The Balaban J connectivity index is 1.51. The summed E-state index contributed by atoms with van der Waals surface area (Å²) in [6.07, 6.45) is 0. The molecule has 0 radical (unpaired) electrons. The zero-order valence-corrected chi connectivity index (χ0v) is 22.3. The van der Waals surface area contributed by atoms with Crippen LogP contribution in [-0.2, 0) is 0 Å². The molecule has 182 valence electrons. The van der Waals surface area contributed by atoms with Crippen LogP contribution in [0.1, 0.15) is 0 Å². The molecule has 0 amide bonds. The van der Waals surface area contributed by atoms with Gasteiger partial charge in [0.05, 0.1) is 16.4 Å². The molecule has 4 aromatic heterocycles. The van der Waals surface area contributed by atoms with Crippen LogP contribution in [0.5, 0.6) is 0 Å². The predicted octanol–water partition coefficient (Wildman–Crippen LogP) is 9.98. The smallest absolute Gasteiger partial charge is 0.163 e. The van der Waals surface area contributed by atoms with Gasteiger partial charge in [0.2, 0.25) is 0 Å². The van der Waals surface area contributed by atoms with E-state index in [1.54, 1.807) is 11.3 Å². The highest BCUT2D eigenvalue weighted by molar-refractivity contribution is 7.26. The highest BCUT2D eigenvalue weighted by atomic mass is 32.1. The average molecular weight is 534 g/mol. The molecule has 0 aliphatic carbocycles. The van der Waals surface area contributed by atoms with Gasteiger partial charge in [0.25, 0.3) is 0 Å². The first-order valence-corrected chi connectivity index (χ1v) is 14.6. The van der Waals surface area contributed by atoms with Gasteiger partial charge in [-0.3, -0.25) is 4.57 Å². The van der Waals surface area contributed by atoms with E-state index in [1.165, 1.54) is 46.5 Å². The van der Waals surface area contributed by atoms with E-state index in [0.717, 1.165) is 32.9 Å². The molecule has 0 spiro atoms. The van der Waals surface area contributed by atoms with Crippen LogP contribution in [0, 0.1) is 0 Å². The van der Waals surface area contributed by atoms with Crippen molar-refractivity contribution < 1.29 is 0 Å². The predicted molar refractivity (Wildman–Crippen MR) is 168 cm³/mol. The Morgan fingerprint density at radius 2 is 1.13 bits per heavy atom. The van der Waals surface area contributed by atoms with E-state index in [4.69, 9.17) is 9.97 Å². The van der Waals surface area contributed by atoms with Crippen molar-refractivity contribution in [1.82, 2.24) is 14.5 Å². The van der Waals surface area contributed by atoms with Gasteiger partial charge in [-0.1, -0.05) is 84.9 Å². The molecule has 0 bridgehead atoms. The van der Waals surface area contributed by atoms with Crippen molar-refractivity contribution in [2.24, 2.45) is 0 Å². The minimum absolute atomic E-state index is 0.748. The molecular weight excluding hydrogens is 515 g/mol. The number of hydrogen-bond acceptors (Lipinski definition) is 4. The van der Waals surface area contributed by atoms with E-state index in [9.17, 15) is 0 Å². The molecular formula is C34H19N3S2. The monoisotopic (exact) mass is 533 g/mol. The summed E-state index contributed by atoms with van der Waals surface area (Å²) in [6.45, 7) is 0. The van der Waals surface area contributed by atoms with Crippen molar-refractivity contribution in [2.75, 3.05) is 0 Å². The molecule has 0 aliphatic heterocycles. The molecule has 0 fully saturated rings. The van der Waals surface area contributed by atoms with Gasteiger partial charge in [0.15, 0.2) is 11.6 Å². The van der Waals surface area contributed by atoms with E-state index in [2.05, 4.69) is 102 Å². The largest absolute Gasteiger partial charge is 0.293 e. The fourth-order valence-corrected chi connectivity index (χ4v) is 8.17. The van der Waals surface area contributed by atoms with Crippen LogP contribution >= 0.6 is 22.7 Å². The number of aromatic nitrogens is 3. The zero-order valence-electron chi connectivity index (χ0n) is 20.6. The molecule has 0 N–H and O–H groups in total. The average Bonchev–Trinajstić information content (AvgIpc) is 3.66. The quantitative estimate of drug-likeness (QED) is 0.221. The lowest BCUT2D eigenvalue weighted by atomic mass is 10.1. The summed E-state index contributed by atoms with van der Waals surface area (Å²) in [5, 5.41) is 7.47. The summed E-state index contributed by atoms with van der Waals surface area (Å²) in [7, 11) is 0. The first-order chi connectivity index (χ1) is 19.3. The highest BCUT2D eigenvalue weighted by Crippen LogP contribution is 2.45. The Hall–Kier alpha value is -4.58. The third kappa shape index (κ3) is 2.97. The lowest BCUT2D eigenvalue weighted by molar-refractivity contribution is 1.08. The molecule has 9 aromatic rings. The van der Waals surface area contributed by atoms with Gasteiger partial charge in [0.1, 0.15) is 4.83 Å². The van der Waals surface area contributed by atoms with Crippen LogP contribution in [0.3, 0.4) is 0 Å². The Morgan fingerprint density at radius 3 is 1.95 bits per heavy atom. The third-order valence-corrected chi connectivity index (χ3v) is 9.84. The van der Waals surface area contributed by atoms with Gasteiger partial charge < -0.3 is 0 Å². The fourth-order valence-electron chi connectivity index (χ4n) is 5.99. The maximum absolute atomic E-state index is 5.33. The number of benzene rings is 5. The van der Waals surface area contributed by atoms with E-state index in [-0.39, 0.29) is 0 Å². The summed E-state index contributed by atoms with van der Waals surface area (Å²) in [6, 6.07) is 40.9. The molecule has 5 aromatic carbocycles. The number of fused-ring (bicyclic) bond motifs is 10. The molecule has 0 atom stereocenters. The Labute approximate surface area is 231 Å². The topological polar surface area (TPSA) is 30.7 Å². The molecule has 0 saturated heterocycles. The van der Waals surface area contributed by atoms with Gasteiger partial charge >= 0.3 is 0 Å². The maximum Gasteiger partial charge on any atom is 0.163 e. The standard InChI is InChI=1S/C34H19N3S2/c1-2-10-20(11-3-1)32-35-33(31-23-14-6-9-17-27(23)39-34(31)36-32)37-24-15-7-4-12-21(24)29-25(37)18-19-28-30(29)22-13-5-8-16-26(22)38-28/h1-19H. The first-order valence-electron chi connectivity index (χ1n) is 12.9. The van der Waals surface area contributed by atoms with Crippen LogP contribution in [0.25, 0.3) is 79.5 Å². The fraction of sp³-hybridized carbons (Fsp3) is 0. The van der Waals surface area contributed by atoms with E-state index in [1.807, 2.05) is 29.5 Å². The number of para-hydroxylation sites is 1. The summed E-state index contributed by atoms with van der Waals surface area (Å²) in [5.74, 6) is 1.68. The molecule has 0 saturated carbocycles. The number of thiophene rings is 2. The molecule has 0 aliphatic rings. The molecule has 0 unspecified atom stereocenters. The van der Waals surface area contributed by atoms with Crippen molar-refractivity contribution in [3.05, 3.63) is 115 Å². The Bertz CT molecular complexity index is 2390. The molecule has 9 rings (SSSR count). The lowest BCUT2D eigenvalue weighted by Gasteiger charge is -2.11. The van der Waals surface area contributed by atoms with E-state index >= 15 is 0 Å². The van der Waals surface area contributed by atoms with Gasteiger partial charge in [0, 0.05) is 46.6 Å². The van der Waals surface area contributed by atoms with Crippen LogP contribution < -0.4 is 0 Å². The zero-order chi connectivity index (χ0) is 25.5. The molecule has 4 heterocycles.